The van der Waals surface area contributed by atoms with Crippen molar-refractivity contribution in [2.24, 2.45) is 0 Å². The first kappa shape index (κ1) is 20.9. The van der Waals surface area contributed by atoms with Gasteiger partial charge in [-0.25, -0.2) is 9.59 Å². The molecule has 1 aromatic rings. The Hall–Kier alpha value is -2.34. The predicted octanol–water partition coefficient (Wildman–Crippen LogP) is 4.49. The van der Waals surface area contributed by atoms with E-state index in [0.29, 0.717) is 30.7 Å². The van der Waals surface area contributed by atoms with E-state index in [9.17, 15) is 9.59 Å². The predicted molar refractivity (Wildman–Crippen MR) is 113 cm³/mol. The summed E-state index contributed by atoms with van der Waals surface area (Å²) in [5, 5.41) is 2.68. The summed E-state index contributed by atoms with van der Waals surface area (Å²) >= 11 is 0. The van der Waals surface area contributed by atoms with Crippen LogP contribution < -0.4 is 5.32 Å². The Kier molecular flexibility index (Phi) is 5.39. The molecule has 1 N–H and O–H groups in total. The summed E-state index contributed by atoms with van der Waals surface area (Å²) in [6.45, 7) is 9.10. The first-order valence-corrected chi connectivity index (χ1v) is 11.0. The molecule has 1 aromatic carbocycles. The van der Waals surface area contributed by atoms with Gasteiger partial charge < -0.3 is 19.5 Å². The number of nitrogens with one attached hydrogen (secondary N) is 1. The van der Waals surface area contributed by atoms with Crippen molar-refractivity contribution in [3.63, 3.8) is 0 Å². The highest BCUT2D eigenvalue weighted by atomic mass is 16.6. The Morgan fingerprint density at radius 2 is 1.77 bits per heavy atom. The monoisotopic (exact) mass is 413 g/mol. The molecule has 1 saturated heterocycles. The maximum absolute atomic E-state index is 13.1. The minimum atomic E-state index is -0.903. The van der Waals surface area contributed by atoms with Crippen LogP contribution >= 0.6 is 0 Å². The van der Waals surface area contributed by atoms with Crippen LogP contribution in [0.4, 0.5) is 4.79 Å². The number of aryl methyl sites for hydroxylation is 3. The second-order valence-corrected chi connectivity index (χ2v) is 8.89. The molecular formula is C24H31NO5. The van der Waals surface area contributed by atoms with E-state index in [1.165, 1.54) is 0 Å². The SMILES string of the molecule is CCNC(=O)OC1=C(c2cc(C)c(C)cc2C)C(=O)OC12CCC1(CCCO1)CC2. The molecule has 3 aliphatic rings. The maximum atomic E-state index is 13.1. The number of ether oxygens (including phenoxy) is 3. The fraction of sp³-hybridized carbons (Fsp3) is 0.583. The summed E-state index contributed by atoms with van der Waals surface area (Å²) in [4.78, 5) is 25.5. The van der Waals surface area contributed by atoms with E-state index in [0.717, 1.165) is 54.5 Å². The summed E-state index contributed by atoms with van der Waals surface area (Å²) in [6, 6.07) is 4.05. The molecule has 4 rings (SSSR count). The molecule has 30 heavy (non-hydrogen) atoms. The van der Waals surface area contributed by atoms with Gasteiger partial charge in [0, 0.05) is 13.2 Å². The zero-order valence-corrected chi connectivity index (χ0v) is 18.4. The Morgan fingerprint density at radius 3 is 2.40 bits per heavy atom. The Balaban J connectivity index is 1.77. The number of carbonyl (C=O) groups is 2. The molecular weight excluding hydrogens is 382 g/mol. The van der Waals surface area contributed by atoms with Crippen LogP contribution in [0.25, 0.3) is 5.57 Å². The highest BCUT2D eigenvalue weighted by molar-refractivity contribution is 6.20. The van der Waals surface area contributed by atoms with E-state index >= 15 is 0 Å². The van der Waals surface area contributed by atoms with Crippen molar-refractivity contribution in [3.8, 4) is 0 Å². The van der Waals surface area contributed by atoms with E-state index in [1.54, 1.807) is 0 Å². The van der Waals surface area contributed by atoms with E-state index in [2.05, 4.69) is 11.4 Å². The van der Waals surface area contributed by atoms with Gasteiger partial charge in [-0.05, 0) is 88.5 Å². The van der Waals surface area contributed by atoms with Crippen LogP contribution in [-0.2, 0) is 19.0 Å². The van der Waals surface area contributed by atoms with Gasteiger partial charge in [-0.15, -0.1) is 0 Å². The third-order valence-corrected chi connectivity index (χ3v) is 6.91. The third kappa shape index (κ3) is 3.51. The molecule has 0 atom stereocenters. The van der Waals surface area contributed by atoms with Crippen LogP contribution in [0.2, 0.25) is 0 Å². The van der Waals surface area contributed by atoms with Gasteiger partial charge in [0.05, 0.1) is 5.60 Å². The number of rotatable bonds is 3. The molecule has 6 nitrogen and oxygen atoms in total. The number of alkyl carbamates (subject to hydrolysis) is 1. The van der Waals surface area contributed by atoms with Crippen molar-refractivity contribution in [3.05, 3.63) is 40.1 Å². The lowest BCUT2D eigenvalue weighted by Gasteiger charge is -2.41. The van der Waals surface area contributed by atoms with E-state index in [1.807, 2.05) is 33.8 Å². The molecule has 0 radical (unpaired) electrons. The number of carbonyl (C=O) groups excluding carboxylic acids is 2. The van der Waals surface area contributed by atoms with Gasteiger partial charge in [0.15, 0.2) is 11.4 Å². The molecule has 2 fully saturated rings. The van der Waals surface area contributed by atoms with Crippen LogP contribution in [0.1, 0.15) is 67.7 Å². The molecule has 2 aliphatic heterocycles. The highest BCUT2D eigenvalue weighted by Crippen LogP contribution is 2.52. The van der Waals surface area contributed by atoms with Gasteiger partial charge in [0.25, 0.3) is 0 Å². The summed E-state index contributed by atoms with van der Waals surface area (Å²) in [5.74, 6) is -0.0541. The molecule has 1 saturated carbocycles. The zero-order chi connectivity index (χ0) is 21.5. The Morgan fingerprint density at radius 1 is 1.07 bits per heavy atom. The second kappa shape index (κ2) is 7.73. The number of hydrogen-bond acceptors (Lipinski definition) is 5. The number of hydrogen-bond donors (Lipinski definition) is 1. The largest absolute Gasteiger partial charge is 0.447 e. The minimum absolute atomic E-state index is 0.117. The van der Waals surface area contributed by atoms with Crippen molar-refractivity contribution < 1.29 is 23.8 Å². The van der Waals surface area contributed by atoms with Crippen molar-refractivity contribution in [1.29, 1.82) is 0 Å². The van der Waals surface area contributed by atoms with Crippen molar-refractivity contribution in [2.75, 3.05) is 13.2 Å². The zero-order valence-electron chi connectivity index (χ0n) is 18.4. The Bertz CT molecular complexity index is 900. The average Bonchev–Trinajstić information content (AvgIpc) is 3.25. The second-order valence-electron chi connectivity index (χ2n) is 8.89. The number of amides is 1. The van der Waals surface area contributed by atoms with Crippen molar-refractivity contribution >= 4 is 17.6 Å². The Labute approximate surface area is 178 Å². The van der Waals surface area contributed by atoms with Crippen LogP contribution in [0.3, 0.4) is 0 Å². The number of benzene rings is 1. The standard InChI is InChI=1S/C24H31NO5/c1-5-25-22(27)29-20-19(18-14-16(3)15(2)13-17(18)4)21(26)30-24(20)10-8-23(9-11-24)7-6-12-28-23/h13-14H,5-12H2,1-4H3,(H,25,27). The fourth-order valence-electron chi connectivity index (χ4n) is 5.06. The molecule has 0 unspecified atom stereocenters. The molecule has 0 bridgehead atoms. The van der Waals surface area contributed by atoms with Crippen LogP contribution in [0.5, 0.6) is 0 Å². The van der Waals surface area contributed by atoms with Gasteiger partial charge in [0.2, 0.25) is 0 Å². The molecule has 6 heteroatoms. The van der Waals surface area contributed by atoms with Gasteiger partial charge in [-0.2, -0.15) is 0 Å². The van der Waals surface area contributed by atoms with Crippen molar-refractivity contribution in [2.45, 2.75) is 77.4 Å². The van der Waals surface area contributed by atoms with Crippen molar-refractivity contribution in [1.82, 2.24) is 5.32 Å². The summed E-state index contributed by atoms with van der Waals surface area (Å²) < 4.78 is 17.9. The lowest BCUT2D eigenvalue weighted by atomic mass is 9.73. The van der Waals surface area contributed by atoms with Gasteiger partial charge in [-0.3, -0.25) is 0 Å². The summed E-state index contributed by atoms with van der Waals surface area (Å²) in [6.07, 6.45) is 4.33. The van der Waals surface area contributed by atoms with Crippen LogP contribution in [0.15, 0.2) is 17.9 Å². The molecule has 0 aromatic heterocycles. The molecule has 1 aliphatic carbocycles. The summed E-state index contributed by atoms with van der Waals surface area (Å²) in [7, 11) is 0. The number of esters is 1. The molecule has 162 valence electrons. The lowest BCUT2D eigenvalue weighted by molar-refractivity contribution is -0.156. The van der Waals surface area contributed by atoms with Crippen LogP contribution in [0, 0.1) is 20.8 Å². The average molecular weight is 414 g/mol. The molecule has 1 amide bonds. The highest BCUT2D eigenvalue weighted by Gasteiger charge is 2.56. The van der Waals surface area contributed by atoms with Crippen LogP contribution in [-0.4, -0.2) is 36.4 Å². The minimum Gasteiger partial charge on any atom is -0.447 e. The quantitative estimate of drug-likeness (QED) is 0.739. The van der Waals surface area contributed by atoms with Gasteiger partial charge in [0.1, 0.15) is 5.57 Å². The fourth-order valence-corrected chi connectivity index (χ4v) is 5.06. The maximum Gasteiger partial charge on any atom is 0.412 e. The molecule has 2 heterocycles. The van der Waals surface area contributed by atoms with E-state index in [-0.39, 0.29) is 5.60 Å². The van der Waals surface area contributed by atoms with Gasteiger partial charge >= 0.3 is 12.1 Å². The normalized spacial score (nSPS) is 28.3. The molecule has 2 spiro atoms. The topological polar surface area (TPSA) is 73.9 Å². The smallest absolute Gasteiger partial charge is 0.412 e. The third-order valence-electron chi connectivity index (χ3n) is 6.91. The van der Waals surface area contributed by atoms with E-state index in [4.69, 9.17) is 14.2 Å². The first-order chi connectivity index (χ1) is 14.3. The van der Waals surface area contributed by atoms with E-state index < -0.39 is 17.7 Å². The summed E-state index contributed by atoms with van der Waals surface area (Å²) in [5.41, 5.74) is 3.33. The lowest BCUT2D eigenvalue weighted by Crippen LogP contribution is -2.45. The first-order valence-electron chi connectivity index (χ1n) is 11.0. The van der Waals surface area contributed by atoms with Gasteiger partial charge in [-0.1, -0.05) is 12.1 Å².